The Morgan fingerprint density at radius 2 is 1.78 bits per heavy atom. The number of thiocarbonyl (C=S) groups is 1. The summed E-state index contributed by atoms with van der Waals surface area (Å²) >= 11 is 5.01. The molecule has 2 N–H and O–H groups in total. The molecule has 0 bridgehead atoms. The van der Waals surface area contributed by atoms with Crippen LogP contribution in [0.15, 0.2) is 48.5 Å². The smallest absolute Gasteiger partial charge is 0.417 e. The Labute approximate surface area is 140 Å². The second-order valence-corrected chi connectivity index (χ2v) is 5.13. The molecule has 5 nitrogen and oxygen atoms in total. The van der Waals surface area contributed by atoms with E-state index in [1.165, 1.54) is 0 Å². The average molecular weight is 330 g/mol. The molecule has 0 saturated carbocycles. The van der Waals surface area contributed by atoms with Crippen LogP contribution in [0.1, 0.15) is 12.5 Å². The third-order valence-corrected chi connectivity index (χ3v) is 3.05. The van der Waals surface area contributed by atoms with Crippen LogP contribution in [0.3, 0.4) is 0 Å². The maximum Gasteiger partial charge on any atom is 0.417 e. The number of carbonyl (C=O) groups excluding carboxylic acids is 1. The highest BCUT2D eigenvalue weighted by molar-refractivity contribution is 7.80. The van der Waals surface area contributed by atoms with E-state index < -0.39 is 6.09 Å². The Morgan fingerprint density at radius 3 is 2.48 bits per heavy atom. The highest BCUT2D eigenvalue weighted by Gasteiger charge is 2.06. The van der Waals surface area contributed by atoms with E-state index in [9.17, 15) is 4.79 Å². The third kappa shape index (κ3) is 5.60. The minimum Gasteiger partial charge on any atom is -0.471 e. The Bertz CT molecular complexity index is 704. The van der Waals surface area contributed by atoms with Crippen molar-refractivity contribution in [1.82, 2.24) is 0 Å². The fraction of sp³-hybridized carbons (Fsp3) is 0.176. The van der Waals surface area contributed by atoms with Crippen LogP contribution in [0.2, 0.25) is 0 Å². The predicted octanol–water partition coefficient (Wildman–Crippen LogP) is 4.34. The molecule has 0 atom stereocenters. The van der Waals surface area contributed by atoms with Crippen LogP contribution in [0, 0.1) is 6.92 Å². The first-order valence-electron chi connectivity index (χ1n) is 7.16. The number of hydrogen-bond acceptors (Lipinski definition) is 4. The van der Waals surface area contributed by atoms with E-state index in [1.54, 1.807) is 30.3 Å². The van der Waals surface area contributed by atoms with Gasteiger partial charge in [0.05, 0.1) is 6.61 Å². The zero-order valence-electron chi connectivity index (χ0n) is 13.0. The summed E-state index contributed by atoms with van der Waals surface area (Å²) in [5.74, 6) is 0.402. The van der Waals surface area contributed by atoms with E-state index in [0.29, 0.717) is 23.7 Å². The van der Waals surface area contributed by atoms with Gasteiger partial charge in [-0.3, -0.25) is 5.32 Å². The molecule has 0 aliphatic rings. The zero-order chi connectivity index (χ0) is 16.7. The van der Waals surface area contributed by atoms with Crippen LogP contribution >= 0.6 is 12.2 Å². The van der Waals surface area contributed by atoms with Gasteiger partial charge in [0.25, 0.3) is 5.17 Å². The number of benzene rings is 2. The normalized spacial score (nSPS) is 9.83. The van der Waals surface area contributed by atoms with Gasteiger partial charge in [-0.25, -0.2) is 4.79 Å². The van der Waals surface area contributed by atoms with Crippen molar-refractivity contribution in [3.05, 3.63) is 54.1 Å². The van der Waals surface area contributed by atoms with Crippen LogP contribution in [0.25, 0.3) is 0 Å². The summed E-state index contributed by atoms with van der Waals surface area (Å²) in [6.07, 6.45) is -0.555. The molecular weight excluding hydrogens is 312 g/mol. The molecule has 0 aliphatic heterocycles. The molecule has 23 heavy (non-hydrogen) atoms. The fourth-order valence-electron chi connectivity index (χ4n) is 1.90. The van der Waals surface area contributed by atoms with Crippen molar-refractivity contribution in [2.45, 2.75) is 13.8 Å². The second-order valence-electron chi connectivity index (χ2n) is 4.76. The topological polar surface area (TPSA) is 59.6 Å². The molecule has 2 rings (SSSR count). The lowest BCUT2D eigenvalue weighted by Gasteiger charge is -2.10. The van der Waals surface area contributed by atoms with Gasteiger partial charge in [-0.1, -0.05) is 18.2 Å². The van der Waals surface area contributed by atoms with Gasteiger partial charge in [0.15, 0.2) is 0 Å². The van der Waals surface area contributed by atoms with E-state index in [1.807, 2.05) is 32.0 Å². The number of aryl methyl sites for hydroxylation is 1. The summed E-state index contributed by atoms with van der Waals surface area (Å²) in [6.45, 7) is 4.29. The minimum absolute atomic E-state index is 0.272. The van der Waals surface area contributed by atoms with Gasteiger partial charge >= 0.3 is 6.09 Å². The lowest BCUT2D eigenvalue weighted by atomic mass is 10.2. The number of nitrogens with one attached hydrogen (secondary N) is 2. The number of carbonyl (C=O) groups is 1. The van der Waals surface area contributed by atoms with Gasteiger partial charge in [0.1, 0.15) is 5.75 Å². The second kappa shape index (κ2) is 8.14. The van der Waals surface area contributed by atoms with Gasteiger partial charge in [0, 0.05) is 17.4 Å². The van der Waals surface area contributed by atoms with Gasteiger partial charge in [-0.15, -0.1) is 0 Å². The number of rotatable bonds is 4. The van der Waals surface area contributed by atoms with Gasteiger partial charge in [0.2, 0.25) is 0 Å². The third-order valence-electron chi connectivity index (χ3n) is 2.83. The summed E-state index contributed by atoms with van der Waals surface area (Å²) in [4.78, 5) is 11.9. The van der Waals surface area contributed by atoms with Crippen molar-refractivity contribution in [2.24, 2.45) is 0 Å². The first-order chi connectivity index (χ1) is 11.1. The lowest BCUT2D eigenvalue weighted by molar-refractivity contribution is 0.215. The van der Waals surface area contributed by atoms with Crippen molar-refractivity contribution in [2.75, 3.05) is 17.2 Å². The molecule has 0 radical (unpaired) electrons. The fourth-order valence-corrected chi connectivity index (χ4v) is 2.13. The van der Waals surface area contributed by atoms with Crippen LogP contribution in [0.5, 0.6) is 5.75 Å². The summed E-state index contributed by atoms with van der Waals surface area (Å²) in [5.41, 5.74) is 2.42. The Morgan fingerprint density at radius 1 is 1.09 bits per heavy atom. The molecule has 6 heteroatoms. The molecule has 2 aromatic carbocycles. The maximum absolute atomic E-state index is 11.9. The summed E-state index contributed by atoms with van der Waals surface area (Å²) in [6, 6.07) is 14.4. The molecule has 0 aromatic heterocycles. The maximum atomic E-state index is 11.9. The molecule has 1 amide bonds. The number of anilines is 2. The standard InChI is InChI=1S/C17H18N2O3S/c1-3-21-17(23)19-14-8-5-9-15(11-14)22-16(20)18-13-7-4-6-12(2)10-13/h4-11H,3H2,1-2H3,(H,18,20)(H,19,23). The van der Waals surface area contributed by atoms with Crippen molar-refractivity contribution in [3.8, 4) is 5.75 Å². The SMILES string of the molecule is CCOC(=S)Nc1cccc(OC(=O)Nc2cccc(C)c2)c1. The molecule has 120 valence electrons. The summed E-state index contributed by atoms with van der Waals surface area (Å²) in [7, 11) is 0. The Kier molecular flexibility index (Phi) is 5.94. The summed E-state index contributed by atoms with van der Waals surface area (Å²) in [5, 5.41) is 5.86. The van der Waals surface area contributed by atoms with Crippen molar-refractivity contribution < 1.29 is 14.3 Å². The van der Waals surface area contributed by atoms with Gasteiger partial charge in [-0.05, 0) is 55.9 Å². The van der Waals surface area contributed by atoms with Crippen LogP contribution < -0.4 is 15.4 Å². The molecular formula is C17H18N2O3S. The number of hydrogen-bond donors (Lipinski definition) is 2. The van der Waals surface area contributed by atoms with Crippen LogP contribution in [-0.2, 0) is 4.74 Å². The number of ether oxygens (including phenoxy) is 2. The van der Waals surface area contributed by atoms with Gasteiger partial charge in [-0.2, -0.15) is 0 Å². The van der Waals surface area contributed by atoms with Crippen molar-refractivity contribution in [1.29, 1.82) is 0 Å². The highest BCUT2D eigenvalue weighted by atomic mass is 32.1. The quantitative estimate of drug-likeness (QED) is 0.817. The highest BCUT2D eigenvalue weighted by Crippen LogP contribution is 2.18. The van der Waals surface area contributed by atoms with E-state index in [-0.39, 0.29) is 5.17 Å². The first kappa shape index (κ1) is 16.8. The molecule has 0 aliphatic carbocycles. The molecule has 0 heterocycles. The summed E-state index contributed by atoms with van der Waals surface area (Å²) < 4.78 is 10.4. The predicted molar refractivity (Wildman–Crippen MR) is 95.1 cm³/mol. The van der Waals surface area contributed by atoms with E-state index in [2.05, 4.69) is 10.6 Å². The zero-order valence-corrected chi connectivity index (χ0v) is 13.8. The first-order valence-corrected chi connectivity index (χ1v) is 7.57. The van der Waals surface area contributed by atoms with Gasteiger partial charge < -0.3 is 14.8 Å². The average Bonchev–Trinajstić information content (AvgIpc) is 2.47. The molecule has 0 fully saturated rings. The Hall–Kier alpha value is -2.60. The largest absolute Gasteiger partial charge is 0.471 e. The Balaban J connectivity index is 1.97. The monoisotopic (exact) mass is 330 g/mol. The molecule has 0 saturated heterocycles. The van der Waals surface area contributed by atoms with Crippen LogP contribution in [0.4, 0.5) is 16.2 Å². The minimum atomic E-state index is -0.555. The number of amides is 1. The lowest BCUT2D eigenvalue weighted by Crippen LogP contribution is -2.17. The molecule has 0 unspecified atom stereocenters. The van der Waals surface area contributed by atoms with Crippen molar-refractivity contribution in [3.63, 3.8) is 0 Å². The van der Waals surface area contributed by atoms with Crippen molar-refractivity contribution >= 4 is 34.9 Å². The van der Waals surface area contributed by atoms with E-state index in [4.69, 9.17) is 21.7 Å². The van der Waals surface area contributed by atoms with Crippen LogP contribution in [-0.4, -0.2) is 17.9 Å². The molecule has 0 spiro atoms. The van der Waals surface area contributed by atoms with E-state index >= 15 is 0 Å². The van der Waals surface area contributed by atoms with E-state index in [0.717, 1.165) is 5.56 Å². The molecule has 2 aromatic rings.